The topological polar surface area (TPSA) is 51.1 Å². The number of nitrogens with zero attached hydrogens (tertiary/aromatic N) is 1. The number of ketones is 1. The van der Waals surface area contributed by atoms with Gasteiger partial charge in [-0.2, -0.15) is 0 Å². The lowest BCUT2D eigenvalue weighted by Gasteiger charge is -2.25. The maximum absolute atomic E-state index is 13.9. The van der Waals surface area contributed by atoms with E-state index in [2.05, 4.69) is 5.32 Å². The van der Waals surface area contributed by atoms with Gasteiger partial charge in [-0.15, -0.1) is 0 Å². The molecule has 2 aliphatic rings. The third-order valence-corrected chi connectivity index (χ3v) is 4.87. The number of carbonyl (C=O) groups is 1. The van der Waals surface area contributed by atoms with E-state index in [1.54, 1.807) is 16.7 Å². The first-order chi connectivity index (χ1) is 11.2. The van der Waals surface area contributed by atoms with Gasteiger partial charge in [0.2, 0.25) is 0 Å². The molecule has 1 aromatic carbocycles. The molecule has 2 aromatic rings. The number of halogens is 1. The van der Waals surface area contributed by atoms with Gasteiger partial charge >= 0.3 is 0 Å². The predicted octanol–water partition coefficient (Wildman–Crippen LogP) is 3.13. The number of hydrogen-bond donors (Lipinski definition) is 1. The lowest BCUT2D eigenvalue weighted by molar-refractivity contribution is 0.103. The number of benzene rings is 1. The summed E-state index contributed by atoms with van der Waals surface area (Å²) in [6.45, 7) is 0. The van der Waals surface area contributed by atoms with Crippen LogP contribution in [0.4, 0.5) is 10.2 Å². The van der Waals surface area contributed by atoms with Crippen molar-refractivity contribution >= 4 is 11.6 Å². The van der Waals surface area contributed by atoms with Crippen LogP contribution < -0.4 is 10.9 Å². The number of rotatable bonds is 2. The molecule has 1 aromatic heterocycles. The van der Waals surface area contributed by atoms with Gasteiger partial charge in [0.05, 0.1) is 17.2 Å². The summed E-state index contributed by atoms with van der Waals surface area (Å²) in [6.07, 6.45) is 4.12. The molecule has 0 amide bonds. The van der Waals surface area contributed by atoms with Gasteiger partial charge in [-0.05, 0) is 31.0 Å². The number of aromatic nitrogens is 1. The Morgan fingerprint density at radius 3 is 2.70 bits per heavy atom. The van der Waals surface area contributed by atoms with E-state index in [0.717, 1.165) is 25.7 Å². The first-order valence-corrected chi connectivity index (χ1v) is 7.98. The Labute approximate surface area is 132 Å². The first-order valence-electron chi connectivity index (χ1n) is 7.98. The lowest BCUT2D eigenvalue weighted by Crippen LogP contribution is -2.29. The van der Waals surface area contributed by atoms with Crippen LogP contribution in [0.5, 0.6) is 0 Å². The van der Waals surface area contributed by atoms with Crippen LogP contribution in [0.2, 0.25) is 0 Å². The van der Waals surface area contributed by atoms with E-state index in [-0.39, 0.29) is 23.2 Å². The van der Waals surface area contributed by atoms with Gasteiger partial charge in [0.25, 0.3) is 5.56 Å². The van der Waals surface area contributed by atoms with Crippen LogP contribution >= 0.6 is 0 Å². The van der Waals surface area contributed by atoms with Crippen molar-refractivity contribution in [2.24, 2.45) is 0 Å². The van der Waals surface area contributed by atoms with E-state index in [9.17, 15) is 14.0 Å². The second-order valence-electron chi connectivity index (χ2n) is 6.22. The van der Waals surface area contributed by atoms with Gasteiger partial charge < -0.3 is 5.32 Å². The van der Waals surface area contributed by atoms with Crippen molar-refractivity contribution in [3.8, 4) is 0 Å². The standard InChI is InChI=1S/C18H17FN2O2/c19-13-6-2-1-5-11(13)17(23)12-9-10-16(22)21-15-8-4-3-7-14(15)20-18(12)21/h1-2,5-6,9-10,14-15,20H,3-4,7-8H2/t14-,15+/m1/s1. The van der Waals surface area contributed by atoms with E-state index in [1.807, 2.05) is 0 Å². The average Bonchev–Trinajstić information content (AvgIpc) is 2.95. The van der Waals surface area contributed by atoms with Crippen molar-refractivity contribution in [3.05, 3.63) is 63.7 Å². The third-order valence-electron chi connectivity index (χ3n) is 4.87. The van der Waals surface area contributed by atoms with E-state index in [1.165, 1.54) is 24.3 Å². The summed E-state index contributed by atoms with van der Waals surface area (Å²) in [5.41, 5.74) is 0.293. The minimum Gasteiger partial charge on any atom is -0.366 e. The third kappa shape index (κ3) is 2.19. The van der Waals surface area contributed by atoms with E-state index in [4.69, 9.17) is 0 Å². The van der Waals surface area contributed by atoms with Gasteiger partial charge in [0, 0.05) is 12.1 Å². The minimum atomic E-state index is -0.544. The van der Waals surface area contributed by atoms with Gasteiger partial charge in [0.15, 0.2) is 5.78 Å². The zero-order chi connectivity index (χ0) is 16.0. The Morgan fingerprint density at radius 2 is 1.87 bits per heavy atom. The highest BCUT2D eigenvalue weighted by Gasteiger charge is 2.36. The van der Waals surface area contributed by atoms with Gasteiger partial charge in [0.1, 0.15) is 11.6 Å². The van der Waals surface area contributed by atoms with E-state index < -0.39 is 11.6 Å². The molecule has 0 radical (unpaired) electrons. The molecule has 118 valence electrons. The Bertz CT molecular complexity index is 843. The Hall–Kier alpha value is -2.43. The minimum absolute atomic E-state index is 0.0330. The summed E-state index contributed by atoms with van der Waals surface area (Å²) in [4.78, 5) is 25.0. The fourth-order valence-electron chi connectivity index (χ4n) is 3.77. The van der Waals surface area contributed by atoms with Crippen molar-refractivity contribution in [3.63, 3.8) is 0 Å². The molecule has 1 aliphatic carbocycles. The molecule has 5 heteroatoms. The number of pyridine rings is 1. The van der Waals surface area contributed by atoms with Crippen LogP contribution in [-0.4, -0.2) is 16.4 Å². The smallest absolute Gasteiger partial charge is 0.252 e. The Morgan fingerprint density at radius 1 is 1.09 bits per heavy atom. The molecule has 1 fully saturated rings. The van der Waals surface area contributed by atoms with Crippen molar-refractivity contribution in [1.29, 1.82) is 0 Å². The zero-order valence-corrected chi connectivity index (χ0v) is 12.6. The van der Waals surface area contributed by atoms with Gasteiger partial charge in [-0.1, -0.05) is 25.0 Å². The molecule has 0 spiro atoms. The SMILES string of the molecule is O=C(c1ccccc1F)c1ccc(=O)n2c1N[C@@H]1CCCC[C@@H]12. The number of fused-ring (bicyclic) bond motifs is 3. The van der Waals surface area contributed by atoms with E-state index >= 15 is 0 Å². The molecule has 2 heterocycles. The molecule has 0 unspecified atom stereocenters. The van der Waals surface area contributed by atoms with Crippen molar-refractivity contribution < 1.29 is 9.18 Å². The summed E-state index contributed by atoms with van der Waals surface area (Å²) in [5, 5.41) is 3.34. The second kappa shape index (κ2) is 5.33. The van der Waals surface area contributed by atoms with Crippen molar-refractivity contribution in [2.45, 2.75) is 37.8 Å². The molecule has 4 nitrogen and oxygen atoms in total. The molecular weight excluding hydrogens is 295 g/mol. The first kappa shape index (κ1) is 14.2. The van der Waals surface area contributed by atoms with E-state index in [0.29, 0.717) is 11.4 Å². The molecule has 1 N–H and O–H groups in total. The fourth-order valence-corrected chi connectivity index (χ4v) is 3.77. The van der Waals surface area contributed by atoms with Crippen LogP contribution in [0, 0.1) is 5.82 Å². The lowest BCUT2D eigenvalue weighted by atomic mass is 9.91. The molecule has 4 rings (SSSR count). The summed E-state index contributed by atoms with van der Waals surface area (Å²) in [7, 11) is 0. The summed E-state index contributed by atoms with van der Waals surface area (Å²) in [5.74, 6) is -0.390. The molecule has 0 saturated heterocycles. The van der Waals surface area contributed by atoms with Gasteiger partial charge in [-0.3, -0.25) is 14.2 Å². The van der Waals surface area contributed by atoms with Crippen LogP contribution in [0.15, 0.2) is 41.2 Å². The highest BCUT2D eigenvalue weighted by atomic mass is 19.1. The molecule has 23 heavy (non-hydrogen) atoms. The predicted molar refractivity (Wildman–Crippen MR) is 85.5 cm³/mol. The van der Waals surface area contributed by atoms with Gasteiger partial charge in [-0.25, -0.2) is 4.39 Å². The number of carbonyl (C=O) groups excluding carboxylic acids is 1. The Kier molecular flexibility index (Phi) is 3.29. The summed E-state index contributed by atoms with van der Waals surface area (Å²) >= 11 is 0. The molecular formula is C18H17FN2O2. The molecule has 0 bridgehead atoms. The van der Waals surface area contributed by atoms with Crippen LogP contribution in [0.3, 0.4) is 0 Å². The van der Waals surface area contributed by atoms with Crippen LogP contribution in [0.25, 0.3) is 0 Å². The monoisotopic (exact) mass is 312 g/mol. The number of hydrogen-bond acceptors (Lipinski definition) is 3. The average molecular weight is 312 g/mol. The molecule has 1 aliphatic heterocycles. The van der Waals surface area contributed by atoms with Crippen molar-refractivity contribution in [2.75, 3.05) is 5.32 Å². The highest BCUT2D eigenvalue weighted by molar-refractivity contribution is 6.12. The number of anilines is 1. The number of nitrogens with one attached hydrogen (secondary N) is 1. The summed E-state index contributed by atoms with van der Waals surface area (Å²) in [6, 6.07) is 9.14. The fraction of sp³-hybridized carbons (Fsp3) is 0.333. The quantitative estimate of drug-likeness (QED) is 0.867. The van der Waals surface area contributed by atoms with Crippen LogP contribution in [0.1, 0.15) is 47.6 Å². The van der Waals surface area contributed by atoms with Crippen molar-refractivity contribution in [1.82, 2.24) is 4.57 Å². The normalized spacial score (nSPS) is 22.1. The largest absolute Gasteiger partial charge is 0.366 e. The highest BCUT2D eigenvalue weighted by Crippen LogP contribution is 2.38. The van der Waals surface area contributed by atoms with Crippen LogP contribution in [-0.2, 0) is 0 Å². The summed E-state index contributed by atoms with van der Waals surface area (Å²) < 4.78 is 15.6. The zero-order valence-electron chi connectivity index (χ0n) is 12.6. The molecule has 2 atom stereocenters. The maximum Gasteiger partial charge on any atom is 0.252 e. The second-order valence-corrected chi connectivity index (χ2v) is 6.22. The molecule has 1 saturated carbocycles. The Balaban J connectivity index is 1.83. The maximum atomic E-state index is 13.9.